The number of carbonyl (C=O) groups is 1. The molecule has 0 aliphatic carbocycles. The van der Waals surface area contributed by atoms with Gasteiger partial charge in [-0.2, -0.15) is 0 Å². The maximum absolute atomic E-state index is 11.4. The molecule has 7 nitrogen and oxygen atoms in total. The van der Waals surface area contributed by atoms with Crippen molar-refractivity contribution in [1.82, 2.24) is 4.98 Å². The fraction of sp³-hybridized carbons (Fsp3) is 0.231. The number of hydrogen-bond donors (Lipinski definition) is 1. The average molecular weight is 307 g/mol. The van der Waals surface area contributed by atoms with E-state index in [9.17, 15) is 14.9 Å². The number of nitrogens with zero attached hydrogens (tertiary/aromatic N) is 2. The molecule has 2 aromatic rings. The van der Waals surface area contributed by atoms with Crippen LogP contribution >= 0.6 is 11.3 Å². The Balaban J connectivity index is 2.25. The third kappa shape index (κ3) is 3.54. The van der Waals surface area contributed by atoms with Crippen LogP contribution in [0.5, 0.6) is 0 Å². The van der Waals surface area contributed by atoms with E-state index in [4.69, 9.17) is 0 Å². The monoisotopic (exact) mass is 307 g/mol. The van der Waals surface area contributed by atoms with Gasteiger partial charge in [-0.3, -0.25) is 10.1 Å². The number of aromatic nitrogens is 1. The van der Waals surface area contributed by atoms with Crippen LogP contribution in [-0.2, 0) is 11.3 Å². The molecule has 0 aliphatic heterocycles. The van der Waals surface area contributed by atoms with Crippen LogP contribution in [0.25, 0.3) is 0 Å². The normalized spacial score (nSPS) is 10.2. The zero-order chi connectivity index (χ0) is 15.4. The zero-order valence-electron chi connectivity index (χ0n) is 11.5. The first kappa shape index (κ1) is 14.9. The molecule has 8 heteroatoms. The summed E-state index contributed by atoms with van der Waals surface area (Å²) in [5.41, 5.74) is -0.163. The fourth-order valence-corrected chi connectivity index (χ4v) is 2.53. The third-order valence-corrected chi connectivity index (χ3v) is 3.69. The van der Waals surface area contributed by atoms with Crippen LogP contribution in [0.4, 0.5) is 11.5 Å². The minimum absolute atomic E-state index is 0.0213. The van der Waals surface area contributed by atoms with Crippen molar-refractivity contribution in [3.63, 3.8) is 0 Å². The predicted octanol–water partition coefficient (Wildman–Crippen LogP) is 2.76. The number of carbonyl (C=O) groups excluding carboxylic acids is 1. The number of rotatable bonds is 5. The predicted molar refractivity (Wildman–Crippen MR) is 78.6 cm³/mol. The molecule has 110 valence electrons. The summed E-state index contributed by atoms with van der Waals surface area (Å²) in [6, 6.07) is 6.41. The molecule has 0 aliphatic rings. The van der Waals surface area contributed by atoms with Crippen molar-refractivity contribution in [3.05, 3.63) is 49.8 Å². The molecule has 0 aromatic carbocycles. The Hall–Kier alpha value is -2.48. The summed E-state index contributed by atoms with van der Waals surface area (Å²) in [7, 11) is 1.23. The van der Waals surface area contributed by atoms with E-state index < -0.39 is 10.9 Å². The molecule has 0 radical (unpaired) electrons. The number of thiophene rings is 1. The van der Waals surface area contributed by atoms with Gasteiger partial charge in [0.05, 0.1) is 18.6 Å². The van der Waals surface area contributed by atoms with Crippen LogP contribution in [0.1, 0.15) is 20.2 Å². The Morgan fingerprint density at radius 3 is 2.76 bits per heavy atom. The molecule has 0 spiro atoms. The summed E-state index contributed by atoms with van der Waals surface area (Å²) in [4.78, 5) is 28.0. The molecule has 21 heavy (non-hydrogen) atoms. The Morgan fingerprint density at radius 2 is 2.19 bits per heavy atom. The average Bonchev–Trinajstić information content (AvgIpc) is 2.89. The lowest BCUT2D eigenvalue weighted by Crippen LogP contribution is -2.09. The molecule has 0 atom stereocenters. The van der Waals surface area contributed by atoms with Crippen LogP contribution < -0.4 is 5.32 Å². The van der Waals surface area contributed by atoms with Crippen LogP contribution in [0.15, 0.2) is 24.3 Å². The van der Waals surface area contributed by atoms with Crippen molar-refractivity contribution in [3.8, 4) is 0 Å². The quantitative estimate of drug-likeness (QED) is 0.518. The van der Waals surface area contributed by atoms with Crippen molar-refractivity contribution < 1.29 is 14.5 Å². The largest absolute Gasteiger partial charge is 0.464 e. The van der Waals surface area contributed by atoms with E-state index in [1.54, 1.807) is 11.3 Å². The zero-order valence-corrected chi connectivity index (χ0v) is 12.3. The van der Waals surface area contributed by atoms with Gasteiger partial charge in [-0.25, -0.2) is 9.78 Å². The molecular formula is C13H13N3O4S. The second kappa shape index (κ2) is 6.31. The Labute approximate surface area is 124 Å². The third-order valence-electron chi connectivity index (χ3n) is 2.69. The molecule has 2 rings (SSSR count). The molecule has 1 N–H and O–H groups in total. The lowest BCUT2D eigenvalue weighted by molar-refractivity contribution is -0.384. The number of methoxy groups -OCH3 is 1. The SMILES string of the molecule is COC(=O)c1ccc([N+](=O)[O-])c(NCc2ccc(C)s2)n1. The highest BCUT2D eigenvalue weighted by Gasteiger charge is 2.19. The summed E-state index contributed by atoms with van der Waals surface area (Å²) in [5, 5.41) is 13.9. The molecule has 2 heterocycles. The highest BCUT2D eigenvalue weighted by atomic mass is 32.1. The number of ether oxygens (including phenoxy) is 1. The van der Waals surface area contributed by atoms with Gasteiger partial charge in [0.25, 0.3) is 0 Å². The summed E-state index contributed by atoms with van der Waals surface area (Å²) in [6.45, 7) is 2.38. The molecule has 0 amide bonds. The molecule has 0 fully saturated rings. The number of hydrogen-bond acceptors (Lipinski definition) is 7. The van der Waals surface area contributed by atoms with Crippen molar-refractivity contribution in [2.24, 2.45) is 0 Å². The number of nitro groups is 1. The standard InChI is InChI=1S/C13H13N3O4S/c1-8-3-4-9(21-8)7-14-12-11(16(18)19)6-5-10(15-12)13(17)20-2/h3-6H,7H2,1-2H3,(H,14,15). The number of esters is 1. The summed E-state index contributed by atoms with van der Waals surface area (Å²) < 4.78 is 4.56. The van der Waals surface area contributed by atoms with E-state index in [1.165, 1.54) is 19.2 Å². The first-order valence-corrected chi connectivity index (χ1v) is 6.86. The van der Waals surface area contributed by atoms with E-state index in [0.29, 0.717) is 6.54 Å². The van der Waals surface area contributed by atoms with Crippen molar-refractivity contribution in [1.29, 1.82) is 0 Å². The summed E-state index contributed by atoms with van der Waals surface area (Å²) in [6.07, 6.45) is 0. The molecular weight excluding hydrogens is 294 g/mol. The van der Waals surface area contributed by atoms with Gasteiger partial charge in [0.1, 0.15) is 0 Å². The van der Waals surface area contributed by atoms with Crippen molar-refractivity contribution >= 4 is 28.8 Å². The smallest absolute Gasteiger partial charge is 0.356 e. The van der Waals surface area contributed by atoms with Gasteiger partial charge < -0.3 is 10.1 Å². The van der Waals surface area contributed by atoms with E-state index in [1.807, 2.05) is 19.1 Å². The van der Waals surface area contributed by atoms with Crippen molar-refractivity contribution in [2.45, 2.75) is 13.5 Å². The first-order chi connectivity index (χ1) is 10.0. The van der Waals surface area contributed by atoms with E-state index in [0.717, 1.165) is 9.75 Å². The Morgan fingerprint density at radius 1 is 1.43 bits per heavy atom. The lowest BCUT2D eigenvalue weighted by atomic mass is 10.3. The minimum atomic E-state index is -0.639. The number of pyridine rings is 1. The molecule has 0 bridgehead atoms. The van der Waals surface area contributed by atoms with Gasteiger partial charge in [-0.1, -0.05) is 0 Å². The molecule has 0 saturated heterocycles. The van der Waals surface area contributed by atoms with Crippen LogP contribution in [0.3, 0.4) is 0 Å². The molecule has 2 aromatic heterocycles. The highest BCUT2D eigenvalue weighted by molar-refractivity contribution is 7.11. The van der Waals surface area contributed by atoms with Gasteiger partial charge in [0.2, 0.25) is 5.82 Å². The number of aryl methyl sites for hydroxylation is 1. The topological polar surface area (TPSA) is 94.4 Å². The Kier molecular flexibility index (Phi) is 4.49. The second-order valence-electron chi connectivity index (χ2n) is 4.18. The fourth-order valence-electron chi connectivity index (χ4n) is 1.70. The maximum Gasteiger partial charge on any atom is 0.356 e. The highest BCUT2D eigenvalue weighted by Crippen LogP contribution is 2.24. The number of anilines is 1. The van der Waals surface area contributed by atoms with Crippen molar-refractivity contribution in [2.75, 3.05) is 12.4 Å². The molecule has 0 saturated carbocycles. The van der Waals surface area contributed by atoms with Crippen LogP contribution in [-0.4, -0.2) is 23.0 Å². The maximum atomic E-state index is 11.4. The van der Waals surface area contributed by atoms with Gasteiger partial charge >= 0.3 is 11.7 Å². The first-order valence-electron chi connectivity index (χ1n) is 6.04. The van der Waals surface area contributed by atoms with Gasteiger partial charge in [-0.15, -0.1) is 11.3 Å². The minimum Gasteiger partial charge on any atom is -0.464 e. The summed E-state index contributed by atoms with van der Waals surface area (Å²) in [5.74, 6) is -0.589. The van der Waals surface area contributed by atoms with Crippen LogP contribution in [0, 0.1) is 17.0 Å². The van der Waals surface area contributed by atoms with E-state index >= 15 is 0 Å². The molecule has 0 unspecified atom stereocenters. The van der Waals surface area contributed by atoms with Crippen LogP contribution in [0.2, 0.25) is 0 Å². The van der Waals surface area contributed by atoms with Gasteiger partial charge in [0, 0.05) is 15.8 Å². The summed E-state index contributed by atoms with van der Waals surface area (Å²) >= 11 is 1.58. The van der Waals surface area contributed by atoms with E-state index in [2.05, 4.69) is 15.0 Å². The number of nitrogens with one attached hydrogen (secondary N) is 1. The lowest BCUT2D eigenvalue weighted by Gasteiger charge is -2.06. The second-order valence-corrected chi connectivity index (χ2v) is 5.55. The Bertz CT molecular complexity index is 684. The van der Waals surface area contributed by atoms with Gasteiger partial charge in [0.15, 0.2) is 5.69 Å². The van der Waals surface area contributed by atoms with Gasteiger partial charge in [-0.05, 0) is 25.1 Å². The van der Waals surface area contributed by atoms with E-state index in [-0.39, 0.29) is 17.2 Å².